The number of halogens is 1. The van der Waals surface area contributed by atoms with Gasteiger partial charge in [0.2, 0.25) is 0 Å². The predicted molar refractivity (Wildman–Crippen MR) is 46.5 cm³/mol. The van der Waals surface area contributed by atoms with Crippen molar-refractivity contribution in [3.05, 3.63) is 29.6 Å². The molecular weight excluding hydrogens is 155 g/mol. The second-order valence-electron chi connectivity index (χ2n) is 2.75. The predicted octanol–water partition coefficient (Wildman–Crippen LogP) is 1.75. The molecule has 12 heavy (non-hydrogen) atoms. The molecule has 66 valence electrons. The van der Waals surface area contributed by atoms with E-state index < -0.39 is 6.17 Å². The molecule has 0 saturated heterocycles. The summed E-state index contributed by atoms with van der Waals surface area (Å²) in [6.45, 7) is 2.21. The van der Waals surface area contributed by atoms with E-state index in [4.69, 9.17) is 5.73 Å². The quantitative estimate of drug-likeness (QED) is 0.746. The number of rotatable bonds is 3. The molecule has 0 fully saturated rings. The molecule has 0 aromatic carbocycles. The van der Waals surface area contributed by atoms with E-state index in [9.17, 15) is 4.39 Å². The van der Waals surface area contributed by atoms with Gasteiger partial charge in [-0.25, -0.2) is 4.39 Å². The number of pyridine rings is 1. The van der Waals surface area contributed by atoms with Crippen molar-refractivity contribution in [3.63, 3.8) is 0 Å². The zero-order valence-corrected chi connectivity index (χ0v) is 7.13. The molecule has 1 aromatic rings. The monoisotopic (exact) mass is 168 g/mol. The lowest BCUT2D eigenvalue weighted by Gasteiger charge is -2.07. The Morgan fingerprint density at radius 2 is 2.42 bits per heavy atom. The molecule has 1 atom stereocenters. The Kier molecular flexibility index (Phi) is 3.17. The normalized spacial score (nSPS) is 12.9. The van der Waals surface area contributed by atoms with Gasteiger partial charge in [-0.15, -0.1) is 0 Å². The fourth-order valence-corrected chi connectivity index (χ4v) is 1.11. The molecule has 3 heteroatoms. The van der Waals surface area contributed by atoms with E-state index in [2.05, 4.69) is 4.98 Å². The van der Waals surface area contributed by atoms with Crippen molar-refractivity contribution in [2.24, 2.45) is 5.73 Å². The second kappa shape index (κ2) is 4.16. The van der Waals surface area contributed by atoms with E-state index >= 15 is 0 Å². The maximum atomic E-state index is 13.3. The molecule has 1 rings (SSSR count). The Morgan fingerprint density at radius 3 is 3.00 bits per heavy atom. The van der Waals surface area contributed by atoms with Crippen molar-refractivity contribution in [3.8, 4) is 0 Å². The number of nitrogens with two attached hydrogens (primary N) is 1. The van der Waals surface area contributed by atoms with Crippen molar-refractivity contribution < 1.29 is 4.39 Å². The van der Waals surface area contributed by atoms with Gasteiger partial charge in [0.1, 0.15) is 6.17 Å². The SMILES string of the molecule is Cc1cccnc1C(F)CCN. The van der Waals surface area contributed by atoms with Crippen LogP contribution in [0.1, 0.15) is 23.8 Å². The van der Waals surface area contributed by atoms with Crippen LogP contribution in [0.25, 0.3) is 0 Å². The fourth-order valence-electron chi connectivity index (χ4n) is 1.11. The third-order valence-electron chi connectivity index (χ3n) is 1.77. The molecule has 1 unspecified atom stereocenters. The lowest BCUT2D eigenvalue weighted by Crippen LogP contribution is -2.06. The molecule has 0 aliphatic heterocycles. The smallest absolute Gasteiger partial charge is 0.143 e. The third kappa shape index (κ3) is 2.01. The number of hydrogen-bond donors (Lipinski definition) is 1. The van der Waals surface area contributed by atoms with Gasteiger partial charge in [0.15, 0.2) is 0 Å². The first kappa shape index (κ1) is 9.13. The molecular formula is C9H13FN2. The molecule has 2 nitrogen and oxygen atoms in total. The van der Waals surface area contributed by atoms with Crippen LogP contribution in [0.3, 0.4) is 0 Å². The van der Waals surface area contributed by atoms with Crippen LogP contribution >= 0.6 is 0 Å². The van der Waals surface area contributed by atoms with Crippen LogP contribution in [-0.4, -0.2) is 11.5 Å². The van der Waals surface area contributed by atoms with Gasteiger partial charge < -0.3 is 5.73 Å². The van der Waals surface area contributed by atoms with Crippen LogP contribution in [0.5, 0.6) is 0 Å². The number of alkyl halides is 1. The highest BCUT2D eigenvalue weighted by atomic mass is 19.1. The number of aromatic nitrogens is 1. The molecule has 0 bridgehead atoms. The van der Waals surface area contributed by atoms with Gasteiger partial charge in [0.05, 0.1) is 5.69 Å². The Balaban J connectivity index is 2.79. The number of hydrogen-bond acceptors (Lipinski definition) is 2. The van der Waals surface area contributed by atoms with Gasteiger partial charge in [0, 0.05) is 6.20 Å². The van der Waals surface area contributed by atoms with Crippen LogP contribution in [0.15, 0.2) is 18.3 Å². The summed E-state index contributed by atoms with van der Waals surface area (Å²) >= 11 is 0. The van der Waals surface area contributed by atoms with Gasteiger partial charge in [-0.2, -0.15) is 0 Å². The highest BCUT2D eigenvalue weighted by Crippen LogP contribution is 2.20. The van der Waals surface area contributed by atoms with E-state index in [1.54, 1.807) is 12.3 Å². The lowest BCUT2D eigenvalue weighted by atomic mass is 10.1. The minimum atomic E-state index is -1.02. The van der Waals surface area contributed by atoms with Crippen LogP contribution in [-0.2, 0) is 0 Å². The van der Waals surface area contributed by atoms with Crippen molar-refractivity contribution in [1.82, 2.24) is 4.98 Å². The largest absolute Gasteiger partial charge is 0.330 e. The molecule has 0 spiro atoms. The topological polar surface area (TPSA) is 38.9 Å². The Morgan fingerprint density at radius 1 is 1.67 bits per heavy atom. The third-order valence-corrected chi connectivity index (χ3v) is 1.77. The molecule has 0 aliphatic carbocycles. The first-order chi connectivity index (χ1) is 5.75. The zero-order chi connectivity index (χ0) is 8.97. The van der Waals surface area contributed by atoms with Crippen molar-refractivity contribution in [2.45, 2.75) is 19.5 Å². The van der Waals surface area contributed by atoms with Gasteiger partial charge in [-0.05, 0) is 31.5 Å². The van der Waals surface area contributed by atoms with E-state index in [1.807, 2.05) is 13.0 Å². The van der Waals surface area contributed by atoms with E-state index in [1.165, 1.54) is 0 Å². The van der Waals surface area contributed by atoms with Crippen molar-refractivity contribution in [2.75, 3.05) is 6.54 Å². The van der Waals surface area contributed by atoms with Crippen molar-refractivity contribution in [1.29, 1.82) is 0 Å². The summed E-state index contributed by atoms with van der Waals surface area (Å²) in [5, 5.41) is 0. The fraction of sp³-hybridized carbons (Fsp3) is 0.444. The first-order valence-electron chi connectivity index (χ1n) is 4.01. The van der Waals surface area contributed by atoms with E-state index in [0.717, 1.165) is 5.56 Å². The average molecular weight is 168 g/mol. The molecule has 0 amide bonds. The van der Waals surface area contributed by atoms with E-state index in [0.29, 0.717) is 18.7 Å². The Bertz CT molecular complexity index is 250. The second-order valence-corrected chi connectivity index (χ2v) is 2.75. The molecule has 0 aliphatic rings. The number of nitrogens with zero attached hydrogens (tertiary/aromatic N) is 1. The summed E-state index contributed by atoms with van der Waals surface area (Å²) in [4.78, 5) is 3.97. The summed E-state index contributed by atoms with van der Waals surface area (Å²) in [7, 11) is 0. The number of aryl methyl sites for hydroxylation is 1. The average Bonchev–Trinajstić information content (AvgIpc) is 2.05. The lowest BCUT2D eigenvalue weighted by molar-refractivity contribution is 0.319. The summed E-state index contributed by atoms with van der Waals surface area (Å²) in [6.07, 6.45) is 0.930. The zero-order valence-electron chi connectivity index (χ0n) is 7.13. The van der Waals surface area contributed by atoms with Crippen LogP contribution in [0.2, 0.25) is 0 Å². The standard InChI is InChI=1S/C9H13FN2/c1-7-3-2-6-12-9(7)8(10)4-5-11/h2-3,6,8H,4-5,11H2,1H3. The first-order valence-corrected chi connectivity index (χ1v) is 4.01. The van der Waals surface area contributed by atoms with Crippen molar-refractivity contribution >= 4 is 0 Å². The maximum absolute atomic E-state index is 13.3. The molecule has 2 N–H and O–H groups in total. The molecule has 1 heterocycles. The molecule has 0 saturated carbocycles. The molecule has 0 radical (unpaired) electrons. The van der Waals surface area contributed by atoms with Crippen LogP contribution in [0, 0.1) is 6.92 Å². The van der Waals surface area contributed by atoms with Gasteiger partial charge >= 0.3 is 0 Å². The van der Waals surface area contributed by atoms with Crippen LogP contribution < -0.4 is 5.73 Å². The Hall–Kier alpha value is -0.960. The van der Waals surface area contributed by atoms with Gasteiger partial charge in [0.25, 0.3) is 0 Å². The minimum Gasteiger partial charge on any atom is -0.330 e. The van der Waals surface area contributed by atoms with E-state index in [-0.39, 0.29) is 0 Å². The van der Waals surface area contributed by atoms with Crippen LogP contribution in [0.4, 0.5) is 4.39 Å². The maximum Gasteiger partial charge on any atom is 0.143 e. The summed E-state index contributed by atoms with van der Waals surface area (Å²) in [6, 6.07) is 3.65. The summed E-state index contributed by atoms with van der Waals surface area (Å²) in [5.74, 6) is 0. The molecule has 1 aromatic heterocycles. The Labute approximate surface area is 71.6 Å². The minimum absolute atomic E-state index is 0.345. The highest BCUT2D eigenvalue weighted by molar-refractivity contribution is 5.19. The van der Waals surface area contributed by atoms with Gasteiger partial charge in [-0.1, -0.05) is 6.07 Å². The summed E-state index contributed by atoms with van der Waals surface area (Å²) in [5.41, 5.74) is 6.65. The summed E-state index contributed by atoms with van der Waals surface area (Å²) < 4.78 is 13.3. The van der Waals surface area contributed by atoms with Gasteiger partial charge in [-0.3, -0.25) is 4.98 Å². The highest BCUT2D eigenvalue weighted by Gasteiger charge is 2.11.